The van der Waals surface area contributed by atoms with Crippen LogP contribution < -0.4 is 0 Å². The van der Waals surface area contributed by atoms with Gasteiger partial charge in [0.1, 0.15) is 0 Å². The molecule has 0 rings (SSSR count). The topological polar surface area (TPSA) is 97.3 Å². The van der Waals surface area contributed by atoms with Crippen LogP contribution in [0.2, 0.25) is 0 Å². The SMILES string of the molecule is O=S(=O)([O-])[O-].[Cu+2].[O]=[Cu]. The summed E-state index contributed by atoms with van der Waals surface area (Å²) < 4.78 is 41.9. The van der Waals surface area contributed by atoms with Gasteiger partial charge in [0.15, 0.2) is 0 Å². The Labute approximate surface area is 64.9 Å². The molecule has 0 atom stereocenters. The van der Waals surface area contributed by atoms with Gasteiger partial charge in [0, 0.05) is 10.4 Å². The van der Waals surface area contributed by atoms with Gasteiger partial charge in [-0.3, -0.25) is 8.42 Å². The maximum absolute atomic E-state index is 8.52. The fourth-order valence-electron chi connectivity index (χ4n) is 0. The molecule has 0 unspecified atom stereocenters. The molecule has 0 saturated heterocycles. The molecule has 0 N–H and O–H groups in total. The summed E-state index contributed by atoms with van der Waals surface area (Å²) in [4.78, 5) is 0. The number of hydrogen-bond acceptors (Lipinski definition) is 5. The first-order valence-corrected chi connectivity index (χ1v) is 2.51. The molecule has 0 aromatic heterocycles. The van der Waals surface area contributed by atoms with Crippen molar-refractivity contribution in [1.82, 2.24) is 0 Å². The minimum atomic E-state index is -5.17. The molecule has 0 spiro atoms. The standard InChI is InChI=1S/2Cu.H2O4S.O/c;;1-5(2,3)4;/h;;(H2,1,2,3,4);/q;+2;;/p-2. The Morgan fingerprint density at radius 3 is 1.12 bits per heavy atom. The molecule has 0 aliphatic heterocycles. The van der Waals surface area contributed by atoms with Crippen LogP contribution in [-0.2, 0) is 47.2 Å². The third kappa shape index (κ3) is 435. The van der Waals surface area contributed by atoms with Crippen LogP contribution in [0.5, 0.6) is 0 Å². The summed E-state index contributed by atoms with van der Waals surface area (Å²) in [6.07, 6.45) is 0. The maximum atomic E-state index is 8.52. The van der Waals surface area contributed by atoms with Gasteiger partial charge in [0.25, 0.3) is 0 Å². The van der Waals surface area contributed by atoms with Crippen molar-refractivity contribution < 1.29 is 54.4 Å². The van der Waals surface area contributed by atoms with E-state index in [2.05, 4.69) is 15.9 Å². The van der Waals surface area contributed by atoms with Gasteiger partial charge in [0.05, 0.1) is 0 Å². The molecular weight excluding hydrogens is 239 g/mol. The fourth-order valence-corrected chi connectivity index (χ4v) is 0. The molecule has 0 aromatic carbocycles. The van der Waals surface area contributed by atoms with E-state index >= 15 is 0 Å². The van der Waals surface area contributed by atoms with Crippen LogP contribution >= 0.6 is 0 Å². The molecule has 58 valence electrons. The molecule has 5 nitrogen and oxygen atoms in total. The van der Waals surface area contributed by atoms with E-state index < -0.39 is 10.4 Å². The Kier molecular flexibility index (Phi) is 15.3. The number of hydrogen-bond donors (Lipinski definition) is 0. The summed E-state index contributed by atoms with van der Waals surface area (Å²) in [6.45, 7) is 0. The van der Waals surface area contributed by atoms with Crippen molar-refractivity contribution in [3.63, 3.8) is 0 Å². The van der Waals surface area contributed by atoms with Crippen molar-refractivity contribution in [3.8, 4) is 0 Å². The predicted molar refractivity (Wildman–Crippen MR) is 11.2 cm³/mol. The molecule has 0 saturated carbocycles. The third-order valence-electron chi connectivity index (χ3n) is 0. The molecule has 1 radical (unpaired) electrons. The van der Waals surface area contributed by atoms with Gasteiger partial charge < -0.3 is 9.11 Å². The second kappa shape index (κ2) is 7.71. The van der Waals surface area contributed by atoms with Gasteiger partial charge in [-0.25, -0.2) is 0 Å². The first kappa shape index (κ1) is 15.9. The zero-order chi connectivity index (χ0) is 6.50. The van der Waals surface area contributed by atoms with Crippen LogP contribution in [0.1, 0.15) is 0 Å². The molecule has 0 aromatic rings. The summed E-state index contributed by atoms with van der Waals surface area (Å²) in [7, 11) is -5.17. The zero-order valence-corrected chi connectivity index (χ0v) is 5.75. The van der Waals surface area contributed by atoms with Gasteiger partial charge in [-0.1, -0.05) is 0 Å². The third-order valence-corrected chi connectivity index (χ3v) is 0. The molecule has 0 aliphatic rings. The Hall–Kier alpha value is 0.709. The summed E-state index contributed by atoms with van der Waals surface area (Å²) in [5.74, 6) is 0. The minimum absolute atomic E-state index is 0. The van der Waals surface area contributed by atoms with E-state index in [0.29, 0.717) is 0 Å². The van der Waals surface area contributed by atoms with Crippen molar-refractivity contribution >= 4 is 10.4 Å². The molecule has 0 bridgehead atoms. The fraction of sp³-hybridized carbons (Fsp3) is 0. The van der Waals surface area contributed by atoms with Gasteiger partial charge in [0.2, 0.25) is 0 Å². The van der Waals surface area contributed by atoms with Gasteiger partial charge in [-0.05, 0) is 0 Å². The van der Waals surface area contributed by atoms with Gasteiger partial charge in [-0.15, -0.1) is 0 Å². The summed E-state index contributed by atoms with van der Waals surface area (Å²) in [6, 6.07) is 0. The first-order chi connectivity index (χ1) is 3.00. The quantitative estimate of drug-likeness (QED) is 0.292. The molecule has 0 fully saturated rings. The summed E-state index contributed by atoms with van der Waals surface area (Å²) in [5, 5.41) is 0. The zero-order valence-electron chi connectivity index (χ0n) is 3.05. The average molecular weight is 239 g/mol. The van der Waals surface area contributed by atoms with E-state index in [1.807, 2.05) is 0 Å². The second-order valence-corrected chi connectivity index (χ2v) is 1.22. The first-order valence-electron chi connectivity index (χ1n) is 0.790. The molecule has 0 aliphatic carbocycles. The Bertz CT molecular complexity index is 104. The molecule has 8 heavy (non-hydrogen) atoms. The molecule has 8 heteroatoms. The van der Waals surface area contributed by atoms with Crippen molar-refractivity contribution in [2.45, 2.75) is 0 Å². The Morgan fingerprint density at radius 2 is 1.12 bits per heavy atom. The van der Waals surface area contributed by atoms with Crippen LogP contribution in [0.15, 0.2) is 0 Å². The second-order valence-electron chi connectivity index (χ2n) is 0.408. The van der Waals surface area contributed by atoms with Crippen molar-refractivity contribution in [3.05, 3.63) is 0 Å². The van der Waals surface area contributed by atoms with Crippen molar-refractivity contribution in [2.24, 2.45) is 0 Å². The summed E-state index contributed by atoms with van der Waals surface area (Å²) >= 11 is 2.94. The van der Waals surface area contributed by atoms with Crippen LogP contribution in [0.4, 0.5) is 0 Å². The van der Waals surface area contributed by atoms with Gasteiger partial charge >= 0.3 is 36.8 Å². The predicted octanol–water partition coefficient (Wildman–Crippen LogP) is -1.46. The Morgan fingerprint density at radius 1 is 1.12 bits per heavy atom. The van der Waals surface area contributed by atoms with E-state index in [4.69, 9.17) is 21.4 Å². The average Bonchev–Trinajstić information content (AvgIpc) is 1.36. The molecule has 0 heterocycles. The van der Waals surface area contributed by atoms with E-state index in [0.717, 1.165) is 0 Å². The van der Waals surface area contributed by atoms with Crippen LogP contribution in [0, 0.1) is 0 Å². The monoisotopic (exact) mass is 238 g/mol. The van der Waals surface area contributed by atoms with E-state index in [1.165, 1.54) is 0 Å². The van der Waals surface area contributed by atoms with Crippen LogP contribution in [-0.4, -0.2) is 17.5 Å². The molecular formula is Cu2O5S. The van der Waals surface area contributed by atoms with Crippen LogP contribution in [0.25, 0.3) is 0 Å². The van der Waals surface area contributed by atoms with Crippen molar-refractivity contribution in [1.29, 1.82) is 0 Å². The van der Waals surface area contributed by atoms with Crippen molar-refractivity contribution in [2.75, 3.05) is 0 Å². The van der Waals surface area contributed by atoms with E-state index in [1.54, 1.807) is 0 Å². The Balaban J connectivity index is -0.0000000750. The molecule has 0 amide bonds. The van der Waals surface area contributed by atoms with E-state index in [9.17, 15) is 0 Å². The van der Waals surface area contributed by atoms with Gasteiger partial charge in [-0.2, -0.15) is 0 Å². The summed E-state index contributed by atoms with van der Waals surface area (Å²) in [5.41, 5.74) is 0. The normalized spacial score (nSPS) is 8.00. The van der Waals surface area contributed by atoms with Crippen LogP contribution in [0.3, 0.4) is 0 Å². The van der Waals surface area contributed by atoms with E-state index in [-0.39, 0.29) is 17.1 Å². The number of rotatable bonds is 0.